The third-order valence-corrected chi connectivity index (χ3v) is 4.07. The maximum Gasteiger partial charge on any atom is 0.255 e. The molecule has 1 saturated heterocycles. The van der Waals surface area contributed by atoms with E-state index in [2.05, 4.69) is 10.3 Å². The fourth-order valence-electron chi connectivity index (χ4n) is 2.73. The molecule has 25 heavy (non-hydrogen) atoms. The molecule has 0 radical (unpaired) electrons. The van der Waals surface area contributed by atoms with Crippen LogP contribution in [0.1, 0.15) is 39.3 Å². The topological polar surface area (TPSA) is 88.3 Å². The predicted molar refractivity (Wildman–Crippen MR) is 98.9 cm³/mol. The molecular weight excluding hydrogens is 340 g/mol. The Labute approximate surface area is 152 Å². The van der Waals surface area contributed by atoms with Crippen molar-refractivity contribution in [3.05, 3.63) is 59.4 Å². The molecule has 0 spiro atoms. The van der Waals surface area contributed by atoms with Gasteiger partial charge in [-0.15, -0.1) is 12.4 Å². The van der Waals surface area contributed by atoms with Gasteiger partial charge in [0.2, 0.25) is 0 Å². The van der Waals surface area contributed by atoms with Gasteiger partial charge in [-0.1, -0.05) is 0 Å². The Hall–Kier alpha value is -2.44. The van der Waals surface area contributed by atoms with E-state index >= 15 is 0 Å². The second-order valence-electron chi connectivity index (χ2n) is 5.77. The standard InChI is InChI=1S/C18H20N4O2.ClH/c19-12-16-11-14(7-8-20-16)17(23)21-15-5-3-13(4-6-15)18(24)22-9-1-2-10-22;/h3-8,11H,1-2,9-10,12,19H2,(H,21,23);1H. The average Bonchev–Trinajstić information content (AvgIpc) is 3.16. The zero-order valence-electron chi connectivity index (χ0n) is 13.8. The second-order valence-corrected chi connectivity index (χ2v) is 5.77. The maximum atomic E-state index is 12.3. The van der Waals surface area contributed by atoms with Crippen molar-refractivity contribution in [1.29, 1.82) is 0 Å². The SMILES string of the molecule is Cl.NCc1cc(C(=O)Nc2ccc(C(=O)N3CCCC3)cc2)ccn1. The molecule has 1 fully saturated rings. The third kappa shape index (κ3) is 4.55. The number of nitrogens with zero attached hydrogens (tertiary/aromatic N) is 2. The van der Waals surface area contributed by atoms with Crippen molar-refractivity contribution >= 4 is 29.9 Å². The fraction of sp³-hybridized carbons (Fsp3) is 0.278. The van der Waals surface area contributed by atoms with Crippen LogP contribution >= 0.6 is 12.4 Å². The van der Waals surface area contributed by atoms with Crippen molar-refractivity contribution in [2.75, 3.05) is 18.4 Å². The third-order valence-electron chi connectivity index (χ3n) is 4.07. The van der Waals surface area contributed by atoms with Crippen molar-refractivity contribution in [3.8, 4) is 0 Å². The molecule has 0 saturated carbocycles. The zero-order chi connectivity index (χ0) is 16.9. The molecule has 1 aliphatic heterocycles. The Kier molecular flexibility index (Phi) is 6.50. The fourth-order valence-corrected chi connectivity index (χ4v) is 2.73. The van der Waals surface area contributed by atoms with E-state index in [-0.39, 0.29) is 30.8 Å². The number of pyridine rings is 1. The molecule has 3 rings (SSSR count). The van der Waals surface area contributed by atoms with Gasteiger partial charge in [0.25, 0.3) is 11.8 Å². The van der Waals surface area contributed by atoms with E-state index in [9.17, 15) is 9.59 Å². The number of hydrogen-bond acceptors (Lipinski definition) is 4. The number of carbonyl (C=O) groups is 2. The number of nitrogens with one attached hydrogen (secondary N) is 1. The van der Waals surface area contributed by atoms with Crippen LogP contribution in [0.5, 0.6) is 0 Å². The summed E-state index contributed by atoms with van der Waals surface area (Å²) >= 11 is 0. The van der Waals surface area contributed by atoms with Crippen LogP contribution in [0.3, 0.4) is 0 Å². The highest BCUT2D eigenvalue weighted by Crippen LogP contribution is 2.16. The molecular formula is C18H21ClN4O2. The average molecular weight is 361 g/mol. The van der Waals surface area contributed by atoms with Gasteiger partial charge in [-0.3, -0.25) is 14.6 Å². The molecule has 1 aliphatic rings. The summed E-state index contributed by atoms with van der Waals surface area (Å²) < 4.78 is 0. The molecule has 2 amide bonds. The number of carbonyl (C=O) groups excluding carboxylic acids is 2. The van der Waals surface area contributed by atoms with Gasteiger partial charge < -0.3 is 16.0 Å². The molecule has 2 aromatic rings. The first-order valence-electron chi connectivity index (χ1n) is 8.03. The van der Waals surface area contributed by atoms with Gasteiger partial charge in [0.05, 0.1) is 5.69 Å². The zero-order valence-corrected chi connectivity index (χ0v) is 14.6. The number of hydrogen-bond donors (Lipinski definition) is 2. The summed E-state index contributed by atoms with van der Waals surface area (Å²) in [4.78, 5) is 30.5. The number of halogens is 1. The first-order valence-corrected chi connectivity index (χ1v) is 8.03. The van der Waals surface area contributed by atoms with Crippen LogP contribution in [0.4, 0.5) is 5.69 Å². The molecule has 1 aromatic heterocycles. The largest absolute Gasteiger partial charge is 0.339 e. The van der Waals surface area contributed by atoms with Crippen molar-refractivity contribution < 1.29 is 9.59 Å². The molecule has 1 aromatic carbocycles. The summed E-state index contributed by atoms with van der Waals surface area (Å²) in [5.74, 6) is -0.183. The lowest BCUT2D eigenvalue weighted by Crippen LogP contribution is -2.27. The first kappa shape index (κ1) is 18.9. The number of likely N-dealkylation sites (tertiary alicyclic amines) is 1. The highest BCUT2D eigenvalue weighted by Gasteiger charge is 2.19. The highest BCUT2D eigenvalue weighted by molar-refractivity contribution is 6.04. The number of amides is 2. The number of anilines is 1. The summed E-state index contributed by atoms with van der Waals surface area (Å²) in [5, 5.41) is 2.81. The summed E-state index contributed by atoms with van der Waals surface area (Å²) in [6, 6.07) is 10.3. The highest BCUT2D eigenvalue weighted by atomic mass is 35.5. The monoisotopic (exact) mass is 360 g/mol. The number of nitrogens with two attached hydrogens (primary N) is 1. The van der Waals surface area contributed by atoms with Gasteiger partial charge in [-0.2, -0.15) is 0 Å². The quantitative estimate of drug-likeness (QED) is 0.876. The minimum absolute atomic E-state index is 0. The summed E-state index contributed by atoms with van der Waals surface area (Å²) in [7, 11) is 0. The minimum Gasteiger partial charge on any atom is -0.339 e. The summed E-state index contributed by atoms with van der Waals surface area (Å²) in [6.45, 7) is 1.93. The van der Waals surface area contributed by atoms with Gasteiger partial charge in [0, 0.05) is 42.6 Å². The Morgan fingerprint density at radius 3 is 2.40 bits per heavy atom. The minimum atomic E-state index is -0.231. The van der Waals surface area contributed by atoms with Gasteiger partial charge in [0.15, 0.2) is 0 Å². The lowest BCUT2D eigenvalue weighted by molar-refractivity contribution is 0.0792. The molecule has 7 heteroatoms. The Balaban J connectivity index is 0.00000225. The van der Waals surface area contributed by atoms with E-state index < -0.39 is 0 Å². The Morgan fingerprint density at radius 2 is 1.76 bits per heavy atom. The number of aromatic nitrogens is 1. The van der Waals surface area contributed by atoms with E-state index in [0.717, 1.165) is 25.9 Å². The summed E-state index contributed by atoms with van der Waals surface area (Å²) in [5.41, 5.74) is 7.99. The van der Waals surface area contributed by atoms with Crippen molar-refractivity contribution in [2.24, 2.45) is 5.73 Å². The van der Waals surface area contributed by atoms with Crippen LogP contribution in [-0.2, 0) is 6.54 Å². The molecule has 132 valence electrons. The molecule has 0 atom stereocenters. The lowest BCUT2D eigenvalue weighted by Gasteiger charge is -2.15. The van der Waals surface area contributed by atoms with Gasteiger partial charge >= 0.3 is 0 Å². The predicted octanol–water partition coefficient (Wildman–Crippen LogP) is 2.45. The van der Waals surface area contributed by atoms with Crippen LogP contribution in [0.15, 0.2) is 42.6 Å². The van der Waals surface area contributed by atoms with Crippen molar-refractivity contribution in [1.82, 2.24) is 9.88 Å². The van der Waals surface area contributed by atoms with Gasteiger partial charge in [-0.05, 0) is 49.2 Å². The second kappa shape index (κ2) is 8.60. The van der Waals surface area contributed by atoms with Crippen LogP contribution in [0, 0.1) is 0 Å². The molecule has 3 N–H and O–H groups in total. The first-order chi connectivity index (χ1) is 11.7. The summed E-state index contributed by atoms with van der Waals surface area (Å²) in [6.07, 6.45) is 3.70. The lowest BCUT2D eigenvalue weighted by atomic mass is 10.1. The van der Waals surface area contributed by atoms with E-state index in [0.29, 0.717) is 22.5 Å². The van der Waals surface area contributed by atoms with E-state index in [1.165, 1.54) is 0 Å². The molecule has 6 nitrogen and oxygen atoms in total. The smallest absolute Gasteiger partial charge is 0.255 e. The maximum absolute atomic E-state index is 12.3. The van der Waals surface area contributed by atoms with Crippen LogP contribution in [0.25, 0.3) is 0 Å². The molecule has 0 unspecified atom stereocenters. The van der Waals surface area contributed by atoms with Crippen LogP contribution in [0.2, 0.25) is 0 Å². The van der Waals surface area contributed by atoms with E-state index in [1.807, 2.05) is 4.90 Å². The van der Waals surface area contributed by atoms with Crippen LogP contribution < -0.4 is 11.1 Å². The van der Waals surface area contributed by atoms with Crippen molar-refractivity contribution in [3.63, 3.8) is 0 Å². The van der Waals surface area contributed by atoms with Crippen molar-refractivity contribution in [2.45, 2.75) is 19.4 Å². The van der Waals surface area contributed by atoms with E-state index in [1.54, 1.807) is 42.6 Å². The molecule has 0 bridgehead atoms. The number of benzene rings is 1. The van der Waals surface area contributed by atoms with E-state index in [4.69, 9.17) is 5.73 Å². The van der Waals surface area contributed by atoms with Crippen LogP contribution in [-0.4, -0.2) is 34.8 Å². The molecule has 0 aliphatic carbocycles. The van der Waals surface area contributed by atoms with Gasteiger partial charge in [0.1, 0.15) is 0 Å². The Bertz CT molecular complexity index is 743. The normalized spacial score (nSPS) is 13.2. The number of rotatable bonds is 4. The Morgan fingerprint density at radius 1 is 1.08 bits per heavy atom. The van der Waals surface area contributed by atoms with Gasteiger partial charge in [-0.25, -0.2) is 0 Å². The molecule has 2 heterocycles.